The van der Waals surface area contributed by atoms with Gasteiger partial charge in [0.2, 0.25) is 0 Å². The second-order valence-corrected chi connectivity index (χ2v) is 6.70. The summed E-state index contributed by atoms with van der Waals surface area (Å²) in [6, 6.07) is -0.179. The molecule has 1 aliphatic rings. The van der Waals surface area contributed by atoms with Crippen molar-refractivity contribution in [3.05, 3.63) is 0 Å². The molecular formula is C12H25N3O4S. The first-order valence-electron chi connectivity index (χ1n) is 7.07. The van der Waals surface area contributed by atoms with Gasteiger partial charge in [-0.2, -0.15) is 12.7 Å². The third-order valence-electron chi connectivity index (χ3n) is 3.47. The largest absolute Gasteiger partial charge is 0.466 e. The molecule has 1 heterocycles. The molecule has 0 radical (unpaired) electrons. The first-order chi connectivity index (χ1) is 9.40. The van der Waals surface area contributed by atoms with E-state index in [-0.39, 0.29) is 24.5 Å². The zero-order valence-electron chi connectivity index (χ0n) is 12.2. The first kappa shape index (κ1) is 17.4. The van der Waals surface area contributed by atoms with Crippen molar-refractivity contribution in [1.29, 1.82) is 0 Å². The van der Waals surface area contributed by atoms with Gasteiger partial charge in [-0.05, 0) is 26.2 Å². The fourth-order valence-electron chi connectivity index (χ4n) is 2.04. The van der Waals surface area contributed by atoms with E-state index in [0.29, 0.717) is 39.0 Å². The Bertz CT molecular complexity index is 405. The quantitative estimate of drug-likeness (QED) is 0.636. The summed E-state index contributed by atoms with van der Waals surface area (Å²) in [7, 11) is -3.50. The smallest absolute Gasteiger partial charge is 0.309 e. The Balaban J connectivity index is 2.45. The van der Waals surface area contributed by atoms with Gasteiger partial charge in [-0.1, -0.05) is 6.92 Å². The van der Waals surface area contributed by atoms with Crippen LogP contribution in [0.3, 0.4) is 0 Å². The van der Waals surface area contributed by atoms with E-state index in [4.69, 9.17) is 10.5 Å². The zero-order valence-corrected chi connectivity index (χ0v) is 13.0. The van der Waals surface area contributed by atoms with Crippen LogP contribution >= 0.6 is 0 Å². The van der Waals surface area contributed by atoms with E-state index in [1.165, 1.54) is 4.31 Å². The lowest BCUT2D eigenvalue weighted by atomic mass is 9.98. The van der Waals surface area contributed by atoms with Crippen LogP contribution in [0.5, 0.6) is 0 Å². The maximum atomic E-state index is 12.1. The standard InChI is InChI=1S/C12H25N3O4S/c1-3-11(13)9-14-20(17,18)15-7-5-10(6-8-15)12(16)19-4-2/h10-11,14H,3-9,13H2,1-2H3. The molecule has 0 aromatic carbocycles. The molecule has 3 N–H and O–H groups in total. The zero-order chi connectivity index (χ0) is 15.2. The average molecular weight is 307 g/mol. The average Bonchev–Trinajstić information content (AvgIpc) is 2.45. The van der Waals surface area contributed by atoms with Crippen LogP contribution in [0.4, 0.5) is 0 Å². The lowest BCUT2D eigenvalue weighted by molar-refractivity contribution is -0.149. The van der Waals surface area contributed by atoms with Crippen molar-refractivity contribution in [1.82, 2.24) is 9.03 Å². The lowest BCUT2D eigenvalue weighted by Gasteiger charge is -2.30. The summed E-state index contributed by atoms with van der Waals surface area (Å²) in [5, 5.41) is 0. The second kappa shape index (κ2) is 7.92. The molecule has 7 nitrogen and oxygen atoms in total. The van der Waals surface area contributed by atoms with E-state index in [0.717, 1.165) is 0 Å². The molecular weight excluding hydrogens is 282 g/mol. The topological polar surface area (TPSA) is 102 Å². The second-order valence-electron chi connectivity index (χ2n) is 4.95. The van der Waals surface area contributed by atoms with Gasteiger partial charge >= 0.3 is 5.97 Å². The number of nitrogens with one attached hydrogen (secondary N) is 1. The maximum absolute atomic E-state index is 12.1. The molecule has 0 aromatic rings. The first-order valence-corrected chi connectivity index (χ1v) is 8.51. The predicted octanol–water partition coefficient (Wildman–Crippen LogP) is -0.167. The minimum atomic E-state index is -3.50. The summed E-state index contributed by atoms with van der Waals surface area (Å²) >= 11 is 0. The van der Waals surface area contributed by atoms with Crippen LogP contribution in [0.25, 0.3) is 0 Å². The third kappa shape index (κ3) is 5.01. The molecule has 1 unspecified atom stereocenters. The van der Waals surface area contributed by atoms with Crippen molar-refractivity contribution >= 4 is 16.2 Å². The Morgan fingerprint density at radius 2 is 2.00 bits per heavy atom. The minimum absolute atomic E-state index is 0.179. The van der Waals surface area contributed by atoms with Gasteiger partial charge < -0.3 is 10.5 Å². The highest BCUT2D eigenvalue weighted by atomic mass is 32.2. The Morgan fingerprint density at radius 1 is 1.40 bits per heavy atom. The number of hydrogen-bond donors (Lipinski definition) is 2. The Labute approximate surface area is 121 Å². The summed E-state index contributed by atoms with van der Waals surface area (Å²) in [5.74, 6) is -0.426. The number of ether oxygens (including phenoxy) is 1. The van der Waals surface area contributed by atoms with E-state index in [9.17, 15) is 13.2 Å². The highest BCUT2D eigenvalue weighted by molar-refractivity contribution is 7.87. The van der Waals surface area contributed by atoms with Gasteiger partial charge in [0.1, 0.15) is 0 Å². The molecule has 0 bridgehead atoms. The summed E-state index contributed by atoms with van der Waals surface area (Å²) in [6.45, 7) is 4.92. The SMILES string of the molecule is CCOC(=O)C1CCN(S(=O)(=O)NCC(N)CC)CC1. The van der Waals surface area contributed by atoms with E-state index in [1.807, 2.05) is 6.92 Å². The van der Waals surface area contributed by atoms with Gasteiger partial charge in [-0.25, -0.2) is 4.72 Å². The van der Waals surface area contributed by atoms with Crippen LogP contribution in [0.2, 0.25) is 0 Å². The number of carbonyl (C=O) groups is 1. The van der Waals surface area contributed by atoms with E-state index >= 15 is 0 Å². The van der Waals surface area contributed by atoms with Crippen LogP contribution in [0, 0.1) is 5.92 Å². The summed E-state index contributed by atoms with van der Waals surface area (Å²) < 4.78 is 32.9. The van der Waals surface area contributed by atoms with Crippen molar-refractivity contribution in [2.24, 2.45) is 11.7 Å². The third-order valence-corrected chi connectivity index (χ3v) is 5.04. The van der Waals surface area contributed by atoms with Crippen molar-refractivity contribution in [3.63, 3.8) is 0 Å². The van der Waals surface area contributed by atoms with E-state index in [2.05, 4.69) is 4.72 Å². The molecule has 0 saturated carbocycles. The normalized spacial score (nSPS) is 19.8. The van der Waals surface area contributed by atoms with Crippen molar-refractivity contribution in [2.75, 3.05) is 26.2 Å². The van der Waals surface area contributed by atoms with Crippen molar-refractivity contribution < 1.29 is 17.9 Å². The molecule has 1 saturated heterocycles. The molecule has 0 amide bonds. The molecule has 1 rings (SSSR count). The number of nitrogens with two attached hydrogens (primary N) is 1. The molecule has 20 heavy (non-hydrogen) atoms. The number of piperidine rings is 1. The van der Waals surface area contributed by atoms with Crippen LogP contribution in [0.1, 0.15) is 33.1 Å². The molecule has 8 heteroatoms. The molecule has 1 fully saturated rings. The van der Waals surface area contributed by atoms with Gasteiger partial charge in [0.05, 0.1) is 12.5 Å². The number of rotatable bonds is 7. The van der Waals surface area contributed by atoms with Crippen molar-refractivity contribution in [2.45, 2.75) is 39.2 Å². The Hall–Kier alpha value is -0.700. The number of hydrogen-bond acceptors (Lipinski definition) is 5. The summed E-state index contributed by atoms with van der Waals surface area (Å²) in [6.07, 6.45) is 1.71. The Kier molecular flexibility index (Phi) is 6.87. The number of carbonyl (C=O) groups excluding carboxylic acids is 1. The maximum Gasteiger partial charge on any atom is 0.309 e. The number of nitrogens with zero attached hydrogens (tertiary/aromatic N) is 1. The fraction of sp³-hybridized carbons (Fsp3) is 0.917. The van der Waals surface area contributed by atoms with Gasteiger partial charge in [0.25, 0.3) is 10.2 Å². The van der Waals surface area contributed by atoms with Crippen LogP contribution < -0.4 is 10.5 Å². The van der Waals surface area contributed by atoms with Gasteiger partial charge in [-0.3, -0.25) is 4.79 Å². The molecule has 0 aliphatic carbocycles. The Morgan fingerprint density at radius 3 is 2.50 bits per heavy atom. The van der Waals surface area contributed by atoms with E-state index < -0.39 is 10.2 Å². The fourth-order valence-corrected chi connectivity index (χ4v) is 3.34. The van der Waals surface area contributed by atoms with Crippen LogP contribution in [-0.4, -0.2) is 51.0 Å². The highest BCUT2D eigenvalue weighted by Crippen LogP contribution is 2.20. The van der Waals surface area contributed by atoms with Gasteiger partial charge in [-0.15, -0.1) is 0 Å². The van der Waals surface area contributed by atoms with E-state index in [1.54, 1.807) is 6.92 Å². The summed E-state index contributed by atoms with van der Waals surface area (Å²) in [5.41, 5.74) is 5.70. The molecule has 0 aromatic heterocycles. The van der Waals surface area contributed by atoms with Gasteiger partial charge in [0.15, 0.2) is 0 Å². The lowest BCUT2D eigenvalue weighted by Crippen LogP contribution is -2.48. The predicted molar refractivity (Wildman–Crippen MR) is 76.1 cm³/mol. The molecule has 1 atom stereocenters. The highest BCUT2D eigenvalue weighted by Gasteiger charge is 2.31. The molecule has 118 valence electrons. The van der Waals surface area contributed by atoms with Crippen LogP contribution in [0.15, 0.2) is 0 Å². The molecule has 1 aliphatic heterocycles. The van der Waals surface area contributed by atoms with Crippen molar-refractivity contribution in [3.8, 4) is 0 Å². The number of esters is 1. The van der Waals surface area contributed by atoms with Crippen LogP contribution in [-0.2, 0) is 19.7 Å². The minimum Gasteiger partial charge on any atom is -0.466 e. The molecule has 0 spiro atoms. The monoisotopic (exact) mass is 307 g/mol. The summed E-state index contributed by atoms with van der Waals surface area (Å²) in [4.78, 5) is 11.6. The van der Waals surface area contributed by atoms with Gasteiger partial charge in [0, 0.05) is 25.7 Å².